The Labute approximate surface area is 149 Å². The van der Waals surface area contributed by atoms with E-state index in [4.69, 9.17) is 0 Å². The van der Waals surface area contributed by atoms with Crippen LogP contribution in [0.15, 0.2) is 54.6 Å². The third-order valence-corrected chi connectivity index (χ3v) is 4.96. The van der Waals surface area contributed by atoms with Crippen LogP contribution in [0.5, 0.6) is 0 Å². The molecule has 132 valence electrons. The van der Waals surface area contributed by atoms with Gasteiger partial charge < -0.3 is 10.4 Å². The quantitative estimate of drug-likeness (QED) is 0.879. The van der Waals surface area contributed by atoms with Crippen LogP contribution in [0.1, 0.15) is 30.0 Å². The maximum Gasteiger partial charge on any atom is 0.246 e. The van der Waals surface area contributed by atoms with Crippen molar-refractivity contribution >= 4 is 11.6 Å². The second kappa shape index (κ2) is 8.28. The van der Waals surface area contributed by atoms with Crippen LogP contribution in [0.2, 0.25) is 0 Å². The maximum absolute atomic E-state index is 13.0. The summed E-state index contributed by atoms with van der Waals surface area (Å²) in [6, 6.07) is 17.5. The molecule has 25 heavy (non-hydrogen) atoms. The van der Waals surface area contributed by atoms with Gasteiger partial charge in [-0.05, 0) is 56.5 Å². The van der Waals surface area contributed by atoms with E-state index < -0.39 is 0 Å². The van der Waals surface area contributed by atoms with Crippen LogP contribution in [0.25, 0.3) is 0 Å². The van der Waals surface area contributed by atoms with Gasteiger partial charge in [-0.25, -0.2) is 0 Å². The number of carbonyl (C=O) groups excluding carboxylic acids is 1. The summed E-state index contributed by atoms with van der Waals surface area (Å²) >= 11 is 0. The third-order valence-electron chi connectivity index (χ3n) is 4.96. The Morgan fingerprint density at radius 3 is 2.36 bits per heavy atom. The Bertz CT molecular complexity index is 677. The second-order valence-corrected chi connectivity index (χ2v) is 6.83. The number of rotatable bonds is 5. The van der Waals surface area contributed by atoms with Crippen molar-refractivity contribution in [1.29, 1.82) is 0 Å². The molecule has 1 unspecified atom stereocenters. The average Bonchev–Trinajstić information content (AvgIpc) is 2.65. The molecule has 0 radical (unpaired) electrons. The molecule has 0 spiro atoms. The Balaban J connectivity index is 1.78. The molecule has 0 bridgehead atoms. The number of aliphatic hydroxyl groups is 1. The molecule has 1 aliphatic rings. The van der Waals surface area contributed by atoms with E-state index in [-0.39, 0.29) is 18.6 Å². The fourth-order valence-corrected chi connectivity index (χ4v) is 3.40. The number of hydrogen-bond acceptors (Lipinski definition) is 3. The summed E-state index contributed by atoms with van der Waals surface area (Å²) in [7, 11) is 0. The second-order valence-electron chi connectivity index (χ2n) is 6.83. The Kier molecular flexibility index (Phi) is 5.84. The molecule has 0 saturated carbocycles. The van der Waals surface area contributed by atoms with Gasteiger partial charge in [-0.15, -0.1) is 0 Å². The van der Waals surface area contributed by atoms with Crippen LogP contribution in [0.4, 0.5) is 5.69 Å². The molecule has 3 rings (SSSR count). The molecule has 1 aliphatic heterocycles. The van der Waals surface area contributed by atoms with Crippen molar-refractivity contribution in [2.24, 2.45) is 5.92 Å². The summed E-state index contributed by atoms with van der Waals surface area (Å²) in [6.45, 7) is 3.92. The molecule has 1 atom stereocenters. The standard InChI is InChI=1S/C21H26N2O2/c1-16-7-9-19(10-8-16)22-21(25)20(18-5-3-2-4-6-18)23-13-11-17(15-24)12-14-23/h2-10,17,20,24H,11-15H2,1H3,(H,22,25). The van der Waals surface area contributed by atoms with Crippen molar-refractivity contribution < 1.29 is 9.90 Å². The highest BCUT2D eigenvalue weighted by Gasteiger charge is 2.30. The predicted octanol–water partition coefficient (Wildman–Crippen LogP) is 3.38. The molecule has 2 aromatic rings. The number of carbonyl (C=O) groups is 1. The molecule has 2 N–H and O–H groups in total. The smallest absolute Gasteiger partial charge is 0.246 e. The molecule has 2 aromatic carbocycles. The minimum atomic E-state index is -0.304. The van der Waals surface area contributed by atoms with Crippen LogP contribution in [-0.2, 0) is 4.79 Å². The lowest BCUT2D eigenvalue weighted by atomic mass is 9.94. The first-order chi connectivity index (χ1) is 12.2. The average molecular weight is 338 g/mol. The zero-order chi connectivity index (χ0) is 17.6. The van der Waals surface area contributed by atoms with Crippen LogP contribution in [0, 0.1) is 12.8 Å². The highest BCUT2D eigenvalue weighted by atomic mass is 16.3. The summed E-state index contributed by atoms with van der Waals surface area (Å²) in [5.74, 6) is 0.352. The fraction of sp³-hybridized carbons (Fsp3) is 0.381. The molecule has 1 saturated heterocycles. The zero-order valence-electron chi connectivity index (χ0n) is 14.7. The van der Waals surface area contributed by atoms with E-state index >= 15 is 0 Å². The van der Waals surface area contributed by atoms with Gasteiger partial charge in [-0.1, -0.05) is 48.0 Å². The van der Waals surface area contributed by atoms with E-state index in [1.807, 2.05) is 61.5 Å². The van der Waals surface area contributed by atoms with Gasteiger partial charge in [0.15, 0.2) is 0 Å². The van der Waals surface area contributed by atoms with Gasteiger partial charge in [0, 0.05) is 12.3 Å². The van der Waals surface area contributed by atoms with E-state index in [0.717, 1.165) is 37.2 Å². The lowest BCUT2D eigenvalue weighted by molar-refractivity contribution is -0.122. The minimum absolute atomic E-state index is 0.00231. The normalized spacial score (nSPS) is 17.2. The summed E-state index contributed by atoms with van der Waals surface area (Å²) in [5, 5.41) is 12.4. The fourth-order valence-electron chi connectivity index (χ4n) is 3.40. The topological polar surface area (TPSA) is 52.6 Å². The van der Waals surface area contributed by atoms with Gasteiger partial charge >= 0.3 is 0 Å². The Hall–Kier alpha value is -2.17. The molecule has 0 aliphatic carbocycles. The summed E-state index contributed by atoms with van der Waals surface area (Å²) < 4.78 is 0. The number of nitrogens with zero attached hydrogens (tertiary/aromatic N) is 1. The van der Waals surface area contributed by atoms with E-state index in [1.165, 1.54) is 5.56 Å². The maximum atomic E-state index is 13.0. The van der Waals surface area contributed by atoms with Crippen molar-refractivity contribution in [3.63, 3.8) is 0 Å². The van der Waals surface area contributed by atoms with E-state index in [2.05, 4.69) is 10.2 Å². The minimum Gasteiger partial charge on any atom is -0.396 e. The molecule has 1 heterocycles. The molecule has 4 nitrogen and oxygen atoms in total. The van der Waals surface area contributed by atoms with E-state index in [1.54, 1.807) is 0 Å². The van der Waals surface area contributed by atoms with Gasteiger partial charge in [-0.3, -0.25) is 9.69 Å². The number of likely N-dealkylation sites (tertiary alicyclic amines) is 1. The number of amides is 1. The SMILES string of the molecule is Cc1ccc(NC(=O)C(c2ccccc2)N2CCC(CO)CC2)cc1. The van der Waals surface area contributed by atoms with Gasteiger partial charge in [0.1, 0.15) is 6.04 Å². The molecular weight excluding hydrogens is 312 g/mol. The van der Waals surface area contributed by atoms with E-state index in [9.17, 15) is 9.90 Å². The number of piperidine rings is 1. The number of benzene rings is 2. The molecular formula is C21H26N2O2. The van der Waals surface area contributed by atoms with Crippen molar-refractivity contribution in [3.8, 4) is 0 Å². The number of aryl methyl sites for hydroxylation is 1. The van der Waals surface area contributed by atoms with Crippen LogP contribution >= 0.6 is 0 Å². The number of nitrogens with one attached hydrogen (secondary N) is 1. The molecule has 1 fully saturated rings. The molecule has 0 aromatic heterocycles. The summed E-state index contributed by atoms with van der Waals surface area (Å²) in [6.07, 6.45) is 1.86. The van der Waals surface area contributed by atoms with Crippen LogP contribution in [0.3, 0.4) is 0 Å². The Morgan fingerprint density at radius 2 is 1.76 bits per heavy atom. The summed E-state index contributed by atoms with van der Waals surface area (Å²) in [4.78, 5) is 15.3. The number of hydrogen-bond donors (Lipinski definition) is 2. The lowest BCUT2D eigenvalue weighted by Crippen LogP contribution is -2.42. The van der Waals surface area contributed by atoms with Crippen LogP contribution < -0.4 is 5.32 Å². The first kappa shape index (κ1) is 17.6. The number of anilines is 1. The first-order valence-electron chi connectivity index (χ1n) is 8.95. The van der Waals surface area contributed by atoms with Gasteiger partial charge in [0.25, 0.3) is 0 Å². The van der Waals surface area contributed by atoms with Crippen molar-refractivity contribution in [1.82, 2.24) is 4.90 Å². The predicted molar refractivity (Wildman–Crippen MR) is 100 cm³/mol. The monoisotopic (exact) mass is 338 g/mol. The van der Waals surface area contributed by atoms with Gasteiger partial charge in [0.2, 0.25) is 5.91 Å². The highest BCUT2D eigenvalue weighted by Crippen LogP contribution is 2.28. The van der Waals surface area contributed by atoms with Gasteiger partial charge in [0.05, 0.1) is 0 Å². The first-order valence-corrected chi connectivity index (χ1v) is 8.95. The van der Waals surface area contributed by atoms with E-state index in [0.29, 0.717) is 5.92 Å². The van der Waals surface area contributed by atoms with Crippen molar-refractivity contribution in [2.75, 3.05) is 25.0 Å². The van der Waals surface area contributed by atoms with Crippen molar-refractivity contribution in [2.45, 2.75) is 25.8 Å². The third kappa shape index (κ3) is 4.47. The van der Waals surface area contributed by atoms with Crippen LogP contribution in [-0.4, -0.2) is 35.6 Å². The lowest BCUT2D eigenvalue weighted by Gasteiger charge is -2.36. The summed E-state index contributed by atoms with van der Waals surface area (Å²) in [5.41, 5.74) is 3.00. The highest BCUT2D eigenvalue weighted by molar-refractivity contribution is 5.95. The number of aliphatic hydroxyl groups excluding tert-OH is 1. The molecule has 4 heteroatoms. The Morgan fingerprint density at radius 1 is 1.12 bits per heavy atom. The van der Waals surface area contributed by atoms with Crippen molar-refractivity contribution in [3.05, 3.63) is 65.7 Å². The van der Waals surface area contributed by atoms with Gasteiger partial charge in [-0.2, -0.15) is 0 Å². The molecule has 1 amide bonds. The largest absolute Gasteiger partial charge is 0.396 e. The zero-order valence-corrected chi connectivity index (χ0v) is 14.7.